The maximum Gasteiger partial charge on any atom is 0.315 e. The molecule has 8 nitrogen and oxygen atoms in total. The molecular weight excluding hydrogens is 370 g/mol. The maximum atomic E-state index is 12.1. The summed E-state index contributed by atoms with van der Waals surface area (Å²) >= 11 is 0. The number of aromatic nitrogens is 2. The predicted octanol–water partition coefficient (Wildman–Crippen LogP) is 3.19. The molecule has 3 rings (SSSR count). The lowest BCUT2D eigenvalue weighted by Gasteiger charge is -2.22. The van der Waals surface area contributed by atoms with E-state index in [-0.39, 0.29) is 18.0 Å². The van der Waals surface area contributed by atoms with E-state index in [0.29, 0.717) is 19.0 Å². The van der Waals surface area contributed by atoms with Crippen molar-refractivity contribution in [3.8, 4) is 0 Å². The number of anilines is 1. The molecule has 2 heterocycles. The van der Waals surface area contributed by atoms with Gasteiger partial charge in [0, 0.05) is 31.8 Å². The number of hydrogen-bond donors (Lipinski definition) is 3. The van der Waals surface area contributed by atoms with E-state index in [1.165, 1.54) is 19.3 Å². The van der Waals surface area contributed by atoms with Gasteiger partial charge in [-0.2, -0.15) is 5.10 Å². The lowest BCUT2D eigenvalue weighted by atomic mass is 9.96. The van der Waals surface area contributed by atoms with E-state index >= 15 is 0 Å². The Hall–Kier alpha value is -2.09. The van der Waals surface area contributed by atoms with Crippen LogP contribution in [0.3, 0.4) is 0 Å². The summed E-state index contributed by atoms with van der Waals surface area (Å²) in [5.74, 6) is 0.00432. The van der Waals surface area contributed by atoms with Crippen molar-refractivity contribution < 1.29 is 14.3 Å². The predicted molar refractivity (Wildman–Crippen MR) is 112 cm³/mol. The molecule has 1 atom stereocenters. The van der Waals surface area contributed by atoms with Crippen molar-refractivity contribution in [3.05, 3.63) is 12.4 Å². The van der Waals surface area contributed by atoms with Gasteiger partial charge in [0.15, 0.2) is 0 Å². The van der Waals surface area contributed by atoms with Crippen LogP contribution in [0.15, 0.2) is 12.4 Å². The zero-order chi connectivity index (χ0) is 20.3. The van der Waals surface area contributed by atoms with Gasteiger partial charge < -0.3 is 20.7 Å². The zero-order valence-corrected chi connectivity index (χ0v) is 17.3. The Morgan fingerprint density at radius 2 is 1.97 bits per heavy atom. The maximum absolute atomic E-state index is 12.1. The van der Waals surface area contributed by atoms with Crippen LogP contribution in [0.4, 0.5) is 10.5 Å². The summed E-state index contributed by atoms with van der Waals surface area (Å²) in [5, 5.41) is 13.2. The van der Waals surface area contributed by atoms with Crippen LogP contribution in [0.5, 0.6) is 0 Å². The second kappa shape index (κ2) is 11.8. The number of ether oxygens (including phenoxy) is 1. The smallest absolute Gasteiger partial charge is 0.315 e. The number of hydrogen-bond acceptors (Lipinski definition) is 4. The monoisotopic (exact) mass is 405 g/mol. The number of rotatable bonds is 10. The summed E-state index contributed by atoms with van der Waals surface area (Å²) in [7, 11) is 0. The molecule has 0 bridgehead atoms. The van der Waals surface area contributed by atoms with Crippen LogP contribution < -0.4 is 16.0 Å². The Bertz CT molecular complexity index is 636. The molecule has 1 aliphatic carbocycles. The standard InChI is InChI=1S/C21H35N5O3/c27-20(24-18-14-23-26(15-18)16-19-10-7-13-29-19)11-5-2-6-12-22-21(28)25-17-8-3-1-4-9-17/h14-15,17,19H,1-13,16H2,(H,24,27)(H2,22,25,28). The molecular formula is C21H35N5O3. The second-order valence-corrected chi connectivity index (χ2v) is 8.18. The lowest BCUT2D eigenvalue weighted by Crippen LogP contribution is -2.43. The van der Waals surface area contributed by atoms with Gasteiger partial charge in [-0.15, -0.1) is 0 Å². The minimum absolute atomic E-state index is 0.00432. The first kappa shape index (κ1) is 21.6. The van der Waals surface area contributed by atoms with Crippen molar-refractivity contribution >= 4 is 17.6 Å². The average Bonchev–Trinajstić information content (AvgIpc) is 3.38. The van der Waals surface area contributed by atoms with Crippen LogP contribution in [-0.4, -0.2) is 47.0 Å². The summed E-state index contributed by atoms with van der Waals surface area (Å²) in [6.45, 7) is 2.21. The number of nitrogens with zero attached hydrogens (tertiary/aromatic N) is 2. The van der Waals surface area contributed by atoms with E-state index in [2.05, 4.69) is 21.0 Å². The van der Waals surface area contributed by atoms with Crippen LogP contribution in [0.2, 0.25) is 0 Å². The van der Waals surface area contributed by atoms with E-state index in [9.17, 15) is 9.59 Å². The van der Waals surface area contributed by atoms with Gasteiger partial charge in [0.2, 0.25) is 5.91 Å². The Balaban J connectivity index is 1.20. The molecule has 29 heavy (non-hydrogen) atoms. The van der Waals surface area contributed by atoms with Crippen LogP contribution in [0.25, 0.3) is 0 Å². The number of nitrogens with one attached hydrogen (secondary N) is 3. The first-order chi connectivity index (χ1) is 14.2. The molecule has 0 aromatic carbocycles. The summed E-state index contributed by atoms with van der Waals surface area (Å²) in [6, 6.07) is 0.275. The third-order valence-corrected chi connectivity index (χ3v) is 5.64. The van der Waals surface area contributed by atoms with Crippen molar-refractivity contribution in [2.75, 3.05) is 18.5 Å². The molecule has 1 aliphatic heterocycles. The number of carbonyl (C=O) groups excluding carboxylic acids is 2. The fourth-order valence-electron chi connectivity index (χ4n) is 4.02. The minimum Gasteiger partial charge on any atom is -0.376 e. The Morgan fingerprint density at radius 1 is 1.10 bits per heavy atom. The molecule has 8 heteroatoms. The van der Waals surface area contributed by atoms with Gasteiger partial charge in [0.25, 0.3) is 0 Å². The van der Waals surface area contributed by atoms with Gasteiger partial charge in [-0.25, -0.2) is 4.79 Å². The van der Waals surface area contributed by atoms with E-state index in [1.54, 1.807) is 6.20 Å². The Labute approximate surface area is 173 Å². The molecule has 1 aromatic heterocycles. The van der Waals surface area contributed by atoms with Gasteiger partial charge in [-0.05, 0) is 38.5 Å². The van der Waals surface area contributed by atoms with Crippen LogP contribution in [0.1, 0.15) is 70.6 Å². The van der Waals surface area contributed by atoms with Gasteiger partial charge in [-0.1, -0.05) is 25.7 Å². The number of amides is 3. The normalized spacial score (nSPS) is 19.8. The van der Waals surface area contributed by atoms with Crippen molar-refractivity contribution in [3.63, 3.8) is 0 Å². The van der Waals surface area contributed by atoms with Crippen molar-refractivity contribution in [2.24, 2.45) is 0 Å². The van der Waals surface area contributed by atoms with E-state index < -0.39 is 0 Å². The molecule has 1 aromatic rings. The summed E-state index contributed by atoms with van der Waals surface area (Å²) in [5.41, 5.74) is 0.731. The van der Waals surface area contributed by atoms with Gasteiger partial charge in [0.05, 0.1) is 24.5 Å². The quantitative estimate of drug-likeness (QED) is 0.521. The second-order valence-electron chi connectivity index (χ2n) is 8.18. The highest BCUT2D eigenvalue weighted by molar-refractivity contribution is 5.90. The molecule has 3 amide bonds. The van der Waals surface area contributed by atoms with Crippen LogP contribution >= 0.6 is 0 Å². The van der Waals surface area contributed by atoms with Gasteiger partial charge in [0.1, 0.15) is 0 Å². The molecule has 162 valence electrons. The van der Waals surface area contributed by atoms with E-state index in [0.717, 1.165) is 63.8 Å². The molecule has 2 fully saturated rings. The fourth-order valence-corrected chi connectivity index (χ4v) is 4.02. The SMILES string of the molecule is O=C(CCCCCNC(=O)NC1CCCCC1)Nc1cnn(CC2CCCO2)c1. The number of urea groups is 1. The first-order valence-electron chi connectivity index (χ1n) is 11.2. The molecule has 0 spiro atoms. The van der Waals surface area contributed by atoms with Crippen LogP contribution in [0, 0.1) is 0 Å². The summed E-state index contributed by atoms with van der Waals surface area (Å²) < 4.78 is 7.44. The lowest BCUT2D eigenvalue weighted by molar-refractivity contribution is -0.116. The van der Waals surface area contributed by atoms with Crippen molar-refractivity contribution in [1.82, 2.24) is 20.4 Å². The van der Waals surface area contributed by atoms with Gasteiger partial charge in [-0.3, -0.25) is 9.48 Å². The van der Waals surface area contributed by atoms with Gasteiger partial charge >= 0.3 is 6.03 Å². The fraction of sp³-hybridized carbons (Fsp3) is 0.762. The molecule has 1 saturated carbocycles. The molecule has 2 aliphatic rings. The Morgan fingerprint density at radius 3 is 2.76 bits per heavy atom. The third kappa shape index (κ3) is 8.04. The van der Waals surface area contributed by atoms with Crippen LogP contribution in [-0.2, 0) is 16.1 Å². The zero-order valence-electron chi connectivity index (χ0n) is 17.3. The molecule has 0 radical (unpaired) electrons. The number of unbranched alkanes of at least 4 members (excludes halogenated alkanes) is 2. The van der Waals surface area contributed by atoms with Crippen molar-refractivity contribution in [2.45, 2.75) is 89.3 Å². The Kier molecular flexibility index (Phi) is 8.80. The van der Waals surface area contributed by atoms with E-state index in [1.807, 2.05) is 10.9 Å². The van der Waals surface area contributed by atoms with E-state index in [4.69, 9.17) is 4.74 Å². The highest BCUT2D eigenvalue weighted by Gasteiger charge is 2.17. The van der Waals surface area contributed by atoms with Crippen molar-refractivity contribution in [1.29, 1.82) is 0 Å². The number of carbonyl (C=O) groups is 2. The average molecular weight is 406 g/mol. The largest absolute Gasteiger partial charge is 0.376 e. The molecule has 1 unspecified atom stereocenters. The highest BCUT2D eigenvalue weighted by atomic mass is 16.5. The minimum atomic E-state index is -0.0605. The molecule has 3 N–H and O–H groups in total. The highest BCUT2D eigenvalue weighted by Crippen LogP contribution is 2.17. The topological polar surface area (TPSA) is 97.3 Å². The first-order valence-corrected chi connectivity index (χ1v) is 11.2. The molecule has 1 saturated heterocycles. The third-order valence-electron chi connectivity index (χ3n) is 5.64. The summed E-state index contributed by atoms with van der Waals surface area (Å²) in [6.07, 6.45) is 14.9. The summed E-state index contributed by atoms with van der Waals surface area (Å²) in [4.78, 5) is 23.9.